The molecule has 116 valence electrons. The normalized spacial score (nSPS) is 18.0. The Morgan fingerprint density at radius 1 is 1.29 bits per heavy atom. The molecule has 1 saturated heterocycles. The lowest BCUT2D eigenvalue weighted by Crippen LogP contribution is -2.40. The monoisotopic (exact) mass is 289 g/mol. The summed E-state index contributed by atoms with van der Waals surface area (Å²) in [4.78, 5) is 14.5. The average molecular weight is 289 g/mol. The maximum absolute atomic E-state index is 12.3. The molecule has 1 unspecified atom stereocenters. The largest absolute Gasteiger partial charge is 0.348 e. The van der Waals surface area contributed by atoms with Gasteiger partial charge in [-0.05, 0) is 31.5 Å². The van der Waals surface area contributed by atoms with Crippen LogP contribution in [-0.4, -0.2) is 43.5 Å². The highest BCUT2D eigenvalue weighted by Crippen LogP contribution is 2.17. The van der Waals surface area contributed by atoms with Gasteiger partial charge in [0.1, 0.15) is 0 Å². The van der Waals surface area contributed by atoms with E-state index >= 15 is 0 Å². The predicted molar refractivity (Wildman–Crippen MR) is 86.2 cm³/mol. The van der Waals surface area contributed by atoms with Gasteiger partial charge in [-0.15, -0.1) is 0 Å². The first-order valence-electron chi connectivity index (χ1n) is 8.07. The smallest absolute Gasteiger partial charge is 0.234 e. The molecule has 1 fully saturated rings. The molecular weight excluding hydrogens is 262 g/mol. The summed E-state index contributed by atoms with van der Waals surface area (Å²) in [5.74, 6) is 0.138. The molecule has 1 aromatic rings. The number of carbonyl (C=O) groups is 1. The molecule has 0 radical (unpaired) electrons. The van der Waals surface area contributed by atoms with Crippen LogP contribution in [0.5, 0.6) is 0 Å². The lowest BCUT2D eigenvalue weighted by atomic mass is 10.0. The number of hydrogen-bond acceptors (Lipinski definition) is 3. The molecule has 1 aliphatic rings. The van der Waals surface area contributed by atoms with E-state index in [1.165, 1.54) is 5.56 Å². The number of benzene rings is 1. The fourth-order valence-corrected chi connectivity index (χ4v) is 2.80. The van der Waals surface area contributed by atoms with Crippen molar-refractivity contribution >= 4 is 5.91 Å². The summed E-state index contributed by atoms with van der Waals surface area (Å²) in [5, 5.41) is 6.56. The van der Waals surface area contributed by atoms with Crippen LogP contribution >= 0.6 is 0 Å². The van der Waals surface area contributed by atoms with Crippen molar-refractivity contribution in [3.63, 3.8) is 0 Å². The van der Waals surface area contributed by atoms with Crippen molar-refractivity contribution in [3.8, 4) is 0 Å². The zero-order valence-electron chi connectivity index (χ0n) is 13.0. The Hall–Kier alpha value is -1.39. The van der Waals surface area contributed by atoms with Crippen LogP contribution in [0.15, 0.2) is 30.3 Å². The van der Waals surface area contributed by atoms with E-state index in [1.807, 2.05) is 18.2 Å². The van der Waals surface area contributed by atoms with Crippen LogP contribution < -0.4 is 10.6 Å². The van der Waals surface area contributed by atoms with Gasteiger partial charge in [0.25, 0.3) is 0 Å². The van der Waals surface area contributed by atoms with Gasteiger partial charge in [0.2, 0.25) is 5.91 Å². The van der Waals surface area contributed by atoms with E-state index in [0.29, 0.717) is 6.54 Å². The SMILES string of the molecule is CCCC(NC(=O)CN1CCCNCC1)c1ccccc1. The number of nitrogens with zero attached hydrogens (tertiary/aromatic N) is 1. The second-order valence-corrected chi connectivity index (χ2v) is 5.70. The molecule has 21 heavy (non-hydrogen) atoms. The molecule has 0 aliphatic carbocycles. The summed E-state index contributed by atoms with van der Waals surface area (Å²) in [7, 11) is 0. The Morgan fingerprint density at radius 2 is 2.10 bits per heavy atom. The van der Waals surface area contributed by atoms with Crippen LogP contribution in [0.2, 0.25) is 0 Å². The number of hydrogen-bond donors (Lipinski definition) is 2. The van der Waals surface area contributed by atoms with Crippen LogP contribution in [0.25, 0.3) is 0 Å². The molecule has 2 rings (SSSR count). The van der Waals surface area contributed by atoms with Crippen LogP contribution in [0.4, 0.5) is 0 Å². The van der Waals surface area contributed by atoms with Crippen molar-refractivity contribution in [2.45, 2.75) is 32.2 Å². The summed E-state index contributed by atoms with van der Waals surface area (Å²) >= 11 is 0. The van der Waals surface area contributed by atoms with E-state index in [9.17, 15) is 4.79 Å². The van der Waals surface area contributed by atoms with E-state index in [2.05, 4.69) is 34.6 Å². The van der Waals surface area contributed by atoms with Gasteiger partial charge >= 0.3 is 0 Å². The first kappa shape index (κ1) is 16.0. The van der Waals surface area contributed by atoms with E-state index in [0.717, 1.165) is 45.4 Å². The zero-order valence-corrected chi connectivity index (χ0v) is 13.0. The van der Waals surface area contributed by atoms with Crippen molar-refractivity contribution in [1.82, 2.24) is 15.5 Å². The highest BCUT2D eigenvalue weighted by Gasteiger charge is 2.17. The Balaban J connectivity index is 1.88. The topological polar surface area (TPSA) is 44.4 Å². The van der Waals surface area contributed by atoms with E-state index in [4.69, 9.17) is 0 Å². The third-order valence-electron chi connectivity index (χ3n) is 3.91. The molecule has 0 aromatic heterocycles. The summed E-state index contributed by atoms with van der Waals surface area (Å²) in [5.41, 5.74) is 1.20. The number of amides is 1. The van der Waals surface area contributed by atoms with Gasteiger partial charge in [0, 0.05) is 13.1 Å². The van der Waals surface area contributed by atoms with Crippen LogP contribution in [0.1, 0.15) is 37.8 Å². The number of rotatable bonds is 6. The van der Waals surface area contributed by atoms with Gasteiger partial charge in [-0.2, -0.15) is 0 Å². The molecule has 2 N–H and O–H groups in total. The third-order valence-corrected chi connectivity index (χ3v) is 3.91. The third kappa shape index (κ3) is 5.48. The highest BCUT2D eigenvalue weighted by atomic mass is 16.2. The lowest BCUT2D eigenvalue weighted by molar-refractivity contribution is -0.123. The van der Waals surface area contributed by atoms with Gasteiger partial charge in [-0.25, -0.2) is 0 Å². The van der Waals surface area contributed by atoms with Gasteiger partial charge in [-0.1, -0.05) is 43.7 Å². The van der Waals surface area contributed by atoms with Crippen LogP contribution in [-0.2, 0) is 4.79 Å². The summed E-state index contributed by atoms with van der Waals surface area (Å²) in [6.45, 7) is 6.66. The minimum absolute atomic E-state index is 0.133. The minimum Gasteiger partial charge on any atom is -0.348 e. The fraction of sp³-hybridized carbons (Fsp3) is 0.588. The van der Waals surface area contributed by atoms with Crippen LogP contribution in [0, 0.1) is 0 Å². The summed E-state index contributed by atoms with van der Waals surface area (Å²) in [6, 6.07) is 10.4. The Bertz CT molecular complexity index is 413. The van der Waals surface area contributed by atoms with Gasteiger partial charge in [0.15, 0.2) is 0 Å². The molecule has 0 spiro atoms. The standard InChI is InChI=1S/C17H27N3O/c1-2-7-16(15-8-4-3-5-9-15)19-17(21)14-20-12-6-10-18-11-13-20/h3-5,8-9,16,18H,2,6-7,10-14H2,1H3,(H,19,21). The van der Waals surface area contributed by atoms with E-state index in [1.54, 1.807) is 0 Å². The Labute approximate surface area is 127 Å². The van der Waals surface area contributed by atoms with Crippen molar-refractivity contribution in [2.24, 2.45) is 0 Å². The van der Waals surface area contributed by atoms with Crippen molar-refractivity contribution in [3.05, 3.63) is 35.9 Å². The number of carbonyl (C=O) groups excluding carboxylic acids is 1. The van der Waals surface area contributed by atoms with E-state index < -0.39 is 0 Å². The van der Waals surface area contributed by atoms with Crippen LogP contribution in [0.3, 0.4) is 0 Å². The van der Waals surface area contributed by atoms with E-state index in [-0.39, 0.29) is 11.9 Å². The highest BCUT2D eigenvalue weighted by molar-refractivity contribution is 5.78. The Morgan fingerprint density at radius 3 is 2.86 bits per heavy atom. The molecule has 0 bridgehead atoms. The average Bonchev–Trinajstić information content (AvgIpc) is 2.76. The lowest BCUT2D eigenvalue weighted by Gasteiger charge is -2.23. The molecule has 4 heteroatoms. The van der Waals surface area contributed by atoms with Gasteiger partial charge < -0.3 is 10.6 Å². The van der Waals surface area contributed by atoms with Crippen molar-refractivity contribution < 1.29 is 4.79 Å². The quantitative estimate of drug-likeness (QED) is 0.841. The maximum atomic E-state index is 12.3. The first-order valence-corrected chi connectivity index (χ1v) is 8.07. The Kier molecular flexibility index (Phi) is 6.70. The zero-order chi connectivity index (χ0) is 14.9. The first-order chi connectivity index (χ1) is 10.3. The number of nitrogens with one attached hydrogen (secondary N) is 2. The second-order valence-electron chi connectivity index (χ2n) is 5.70. The molecule has 1 aliphatic heterocycles. The fourth-order valence-electron chi connectivity index (χ4n) is 2.80. The van der Waals surface area contributed by atoms with Crippen molar-refractivity contribution in [1.29, 1.82) is 0 Å². The summed E-state index contributed by atoms with van der Waals surface area (Å²) < 4.78 is 0. The molecule has 1 atom stereocenters. The molecule has 1 amide bonds. The van der Waals surface area contributed by atoms with Crippen molar-refractivity contribution in [2.75, 3.05) is 32.7 Å². The molecular formula is C17H27N3O. The second kappa shape index (κ2) is 8.80. The predicted octanol–water partition coefficient (Wildman–Crippen LogP) is 1.94. The van der Waals surface area contributed by atoms with Gasteiger partial charge in [-0.3, -0.25) is 9.69 Å². The minimum atomic E-state index is 0.133. The molecule has 0 saturated carbocycles. The molecule has 1 heterocycles. The molecule has 1 aromatic carbocycles. The summed E-state index contributed by atoms with van der Waals surface area (Å²) in [6.07, 6.45) is 3.16. The molecule has 4 nitrogen and oxygen atoms in total. The maximum Gasteiger partial charge on any atom is 0.234 e. The van der Waals surface area contributed by atoms with Gasteiger partial charge in [0.05, 0.1) is 12.6 Å².